The van der Waals surface area contributed by atoms with Crippen LogP contribution in [0.25, 0.3) is 0 Å². The van der Waals surface area contributed by atoms with Gasteiger partial charge >= 0.3 is 5.97 Å². The average molecular weight is 136 g/mol. The fraction of sp³-hybridized carbons (Fsp3) is 0.333. The summed E-state index contributed by atoms with van der Waals surface area (Å²) in [6, 6.07) is 0. The number of carboxylic acid groups (broad SMARTS) is 1. The number of carbonyl (C=O) groups excluding carboxylic acids is 1. The van der Waals surface area contributed by atoms with Gasteiger partial charge in [-0.2, -0.15) is 0 Å². The lowest BCUT2D eigenvalue weighted by Crippen LogP contribution is -2.14. The zero-order chi connectivity index (χ0) is 6.57. The Bertz CT molecular complexity index is 110. The van der Waals surface area contributed by atoms with Crippen LogP contribution in [-0.2, 0) is 9.59 Å². The number of carbonyl (C=O) groups is 2. The summed E-state index contributed by atoms with van der Waals surface area (Å²) in [6.45, 7) is 0. The highest BCUT2D eigenvalue weighted by molar-refractivity contribution is 7.94. The third-order valence-electron chi connectivity index (χ3n) is 0.434. The monoisotopic (exact) mass is 136 g/mol. The summed E-state index contributed by atoms with van der Waals surface area (Å²) in [7, 11) is 0. The molecule has 0 rings (SSSR count). The van der Waals surface area contributed by atoms with Gasteiger partial charge in [0.15, 0.2) is 0 Å². The maximum absolute atomic E-state index is 9.96. The van der Waals surface area contributed by atoms with Crippen molar-refractivity contribution in [1.82, 2.24) is 0 Å². The highest BCUT2D eigenvalue weighted by Crippen LogP contribution is 1.89. The predicted octanol–water partition coefficient (Wildman–Crippen LogP) is -0.154. The van der Waals surface area contributed by atoms with E-state index in [-0.39, 0.29) is 17.8 Å². The van der Waals surface area contributed by atoms with E-state index in [0.29, 0.717) is 0 Å². The van der Waals surface area contributed by atoms with Crippen LogP contribution in [0.15, 0.2) is 0 Å². The van der Waals surface area contributed by atoms with Crippen LogP contribution < -0.4 is 0 Å². The molecule has 0 spiro atoms. The van der Waals surface area contributed by atoms with Crippen molar-refractivity contribution in [2.75, 3.05) is 5.75 Å². The molecular formula is C3H4O4S. The maximum Gasteiger partial charge on any atom is 0.373 e. The Morgan fingerprint density at radius 2 is 2.00 bits per heavy atom. The molecule has 0 amide bonds. The van der Waals surface area contributed by atoms with Crippen LogP contribution in [0.3, 0.4) is 0 Å². The molecule has 4 nitrogen and oxygen atoms in total. The first kappa shape index (κ1) is 7.45. The van der Waals surface area contributed by atoms with Gasteiger partial charge in [-0.15, -0.1) is 0 Å². The zero-order valence-electron chi connectivity index (χ0n) is 3.83. The highest BCUT2D eigenvalue weighted by atomic mass is 32.2. The second-order valence-corrected chi connectivity index (χ2v) is 1.55. The third kappa shape index (κ3) is 2.59. The molecule has 0 radical (unpaired) electrons. The predicted molar refractivity (Wildman–Crippen MR) is 27.7 cm³/mol. The van der Waals surface area contributed by atoms with Crippen molar-refractivity contribution in [3.05, 3.63) is 0 Å². The minimum atomic E-state index is -1.51. The van der Waals surface area contributed by atoms with E-state index in [4.69, 9.17) is 9.66 Å². The Morgan fingerprint density at radius 1 is 1.50 bits per heavy atom. The normalized spacial score (nSPS) is 8.62. The molecule has 5 heteroatoms. The van der Waals surface area contributed by atoms with E-state index < -0.39 is 11.8 Å². The van der Waals surface area contributed by atoms with Gasteiger partial charge in [0.2, 0.25) is 0 Å². The van der Waals surface area contributed by atoms with Gasteiger partial charge in [0, 0.05) is 0 Å². The zero-order valence-corrected chi connectivity index (χ0v) is 4.64. The van der Waals surface area contributed by atoms with Crippen molar-refractivity contribution in [3.63, 3.8) is 0 Å². The lowest BCUT2D eigenvalue weighted by atomic mass is 10.5. The first-order valence-electron chi connectivity index (χ1n) is 1.71. The molecule has 0 heterocycles. The molecule has 0 aliphatic carbocycles. The van der Waals surface area contributed by atoms with Crippen molar-refractivity contribution in [2.45, 2.75) is 0 Å². The molecule has 0 fully saturated rings. The van der Waals surface area contributed by atoms with E-state index in [1.54, 1.807) is 0 Å². The fourth-order valence-corrected chi connectivity index (χ4v) is 0.361. The number of ketones is 1. The van der Waals surface area contributed by atoms with Crippen LogP contribution in [0.1, 0.15) is 0 Å². The molecule has 0 aliphatic rings. The summed E-state index contributed by atoms with van der Waals surface area (Å²) in [4.78, 5) is 19.6. The first-order valence-corrected chi connectivity index (χ1v) is 2.65. The van der Waals surface area contributed by atoms with Crippen molar-refractivity contribution in [1.29, 1.82) is 0 Å². The van der Waals surface area contributed by atoms with Crippen LogP contribution in [-0.4, -0.2) is 27.2 Å². The number of carboxylic acids is 1. The van der Waals surface area contributed by atoms with Gasteiger partial charge in [-0.3, -0.25) is 4.79 Å². The molecular weight excluding hydrogens is 132 g/mol. The molecule has 0 aromatic rings. The van der Waals surface area contributed by atoms with Gasteiger partial charge in [-0.05, 0) is 12.0 Å². The van der Waals surface area contributed by atoms with Crippen LogP contribution in [0, 0.1) is 0 Å². The van der Waals surface area contributed by atoms with E-state index in [1.807, 2.05) is 0 Å². The molecule has 0 aliphatic heterocycles. The van der Waals surface area contributed by atoms with E-state index in [0.717, 1.165) is 0 Å². The Morgan fingerprint density at radius 3 is 2.12 bits per heavy atom. The maximum atomic E-state index is 9.96. The number of hydrogen-bond acceptors (Lipinski definition) is 4. The largest absolute Gasteiger partial charge is 0.475 e. The van der Waals surface area contributed by atoms with E-state index >= 15 is 0 Å². The number of aliphatic carboxylic acids is 1. The van der Waals surface area contributed by atoms with Gasteiger partial charge in [-0.25, -0.2) is 4.79 Å². The second kappa shape index (κ2) is 3.45. The summed E-state index contributed by atoms with van der Waals surface area (Å²) >= 11 is 0.208. The minimum Gasteiger partial charge on any atom is -0.475 e. The van der Waals surface area contributed by atoms with Crippen molar-refractivity contribution in [2.24, 2.45) is 0 Å². The van der Waals surface area contributed by atoms with Crippen LogP contribution >= 0.6 is 12.0 Å². The van der Waals surface area contributed by atoms with Crippen molar-refractivity contribution < 1.29 is 19.2 Å². The summed E-state index contributed by atoms with van der Waals surface area (Å²) in [5, 5.41) is 7.84. The molecule has 8 heavy (non-hydrogen) atoms. The Labute approximate surface area is 49.7 Å². The van der Waals surface area contributed by atoms with E-state index in [2.05, 4.69) is 0 Å². The second-order valence-electron chi connectivity index (χ2n) is 1.00. The molecule has 0 atom stereocenters. The smallest absolute Gasteiger partial charge is 0.373 e. The Hall–Kier alpha value is -0.550. The summed E-state index contributed by atoms with van der Waals surface area (Å²) in [5.41, 5.74) is 0. The summed E-state index contributed by atoms with van der Waals surface area (Å²) in [6.07, 6.45) is 0. The summed E-state index contributed by atoms with van der Waals surface area (Å²) < 4.78 is 7.92. The Kier molecular flexibility index (Phi) is 3.21. The first-order chi connectivity index (χ1) is 3.68. The van der Waals surface area contributed by atoms with E-state index in [1.165, 1.54) is 0 Å². The molecule has 0 saturated carbocycles. The SMILES string of the molecule is O=C(O)C(=O)CSO. The molecule has 2 N–H and O–H groups in total. The van der Waals surface area contributed by atoms with Crippen molar-refractivity contribution in [3.8, 4) is 0 Å². The molecule has 0 aromatic carbocycles. The molecule has 0 saturated heterocycles. The van der Waals surface area contributed by atoms with Crippen LogP contribution in [0.2, 0.25) is 0 Å². The van der Waals surface area contributed by atoms with Gasteiger partial charge in [0.1, 0.15) is 0 Å². The van der Waals surface area contributed by atoms with Gasteiger partial charge in [-0.1, -0.05) is 0 Å². The highest BCUT2D eigenvalue weighted by Gasteiger charge is 2.09. The van der Waals surface area contributed by atoms with Gasteiger partial charge in [0.05, 0.1) is 5.75 Å². The topological polar surface area (TPSA) is 74.6 Å². The van der Waals surface area contributed by atoms with Gasteiger partial charge in [0.25, 0.3) is 5.78 Å². The quantitative estimate of drug-likeness (QED) is 0.416. The van der Waals surface area contributed by atoms with Crippen LogP contribution in [0.4, 0.5) is 0 Å². The minimum absolute atomic E-state index is 0.208. The standard InChI is InChI=1S/C3H4O4S/c4-2(1-8-7)3(5)6/h7H,1H2,(H,5,6). The third-order valence-corrected chi connectivity index (χ3v) is 0.825. The summed E-state index contributed by atoms with van der Waals surface area (Å²) in [5.74, 6) is -2.88. The molecule has 0 bridgehead atoms. The lowest BCUT2D eigenvalue weighted by molar-refractivity contribution is -0.147. The number of Topliss-reactive ketones (excluding diaryl/α,β-unsaturated/α-hetero) is 1. The number of hydrogen-bond donors (Lipinski definition) is 2. The van der Waals surface area contributed by atoms with Crippen molar-refractivity contribution >= 4 is 23.8 Å². The van der Waals surface area contributed by atoms with E-state index in [9.17, 15) is 9.59 Å². The lowest BCUT2D eigenvalue weighted by Gasteiger charge is -1.84. The molecule has 46 valence electrons. The van der Waals surface area contributed by atoms with Gasteiger partial charge < -0.3 is 9.66 Å². The average Bonchev–Trinajstić information content (AvgIpc) is 1.67. The van der Waals surface area contributed by atoms with Crippen LogP contribution in [0.5, 0.6) is 0 Å². The Balaban J connectivity index is 3.49. The number of rotatable bonds is 3. The fourth-order valence-electron chi connectivity index (χ4n) is 0.120. The molecule has 0 unspecified atom stereocenters. The molecule has 0 aromatic heterocycles.